The molecule has 2 aromatic heterocycles. The van der Waals surface area contributed by atoms with Crippen LogP contribution in [0.3, 0.4) is 0 Å². The highest BCUT2D eigenvalue weighted by Gasteiger charge is 2.19. The first-order valence-electron chi connectivity index (χ1n) is 12.6. The average molecular weight is 521 g/mol. The molecule has 200 valence electrons. The number of hydrogen-bond acceptors (Lipinski definition) is 9. The molecule has 2 aliphatic heterocycles. The molecule has 2 aliphatic rings. The number of fused-ring (bicyclic) bond motifs is 1. The summed E-state index contributed by atoms with van der Waals surface area (Å²) in [5.74, 6) is -1.67. The molecule has 5 rings (SSSR count). The van der Waals surface area contributed by atoms with E-state index in [1.54, 1.807) is 0 Å². The number of carbonyl (C=O) groups is 2. The van der Waals surface area contributed by atoms with E-state index in [1.165, 1.54) is 10.8 Å². The number of anilines is 2. The van der Waals surface area contributed by atoms with Crippen molar-refractivity contribution >= 4 is 46.5 Å². The first-order chi connectivity index (χ1) is 18.4. The number of carboxylic acid groups (broad SMARTS) is 2. The van der Waals surface area contributed by atoms with E-state index < -0.39 is 11.9 Å². The molecule has 11 nitrogen and oxygen atoms in total. The van der Waals surface area contributed by atoms with Crippen LogP contribution in [0, 0.1) is 0 Å². The summed E-state index contributed by atoms with van der Waals surface area (Å²) in [5.41, 5.74) is 1.77. The van der Waals surface area contributed by atoms with Crippen LogP contribution in [0.1, 0.15) is 18.3 Å². The fourth-order valence-electron chi connectivity index (χ4n) is 4.36. The number of benzene rings is 1. The second-order valence-corrected chi connectivity index (χ2v) is 8.87. The van der Waals surface area contributed by atoms with Gasteiger partial charge in [-0.2, -0.15) is 0 Å². The highest BCUT2D eigenvalue weighted by Crippen LogP contribution is 2.27. The third-order valence-electron chi connectivity index (χ3n) is 6.47. The second kappa shape index (κ2) is 12.9. The van der Waals surface area contributed by atoms with E-state index in [0.29, 0.717) is 0 Å². The van der Waals surface area contributed by atoms with Crippen molar-refractivity contribution in [2.45, 2.75) is 6.92 Å². The Bertz CT molecular complexity index is 1260. The zero-order valence-electron chi connectivity index (χ0n) is 21.4. The molecule has 1 aromatic carbocycles. The van der Waals surface area contributed by atoms with Gasteiger partial charge in [-0.05, 0) is 42.3 Å². The third kappa shape index (κ3) is 7.02. The Balaban J connectivity index is 0.000000505. The number of piperazine rings is 1. The summed E-state index contributed by atoms with van der Waals surface area (Å²) in [6.07, 6.45) is 4.03. The van der Waals surface area contributed by atoms with Crippen LogP contribution < -0.4 is 9.80 Å². The monoisotopic (exact) mass is 520 g/mol. The third-order valence-corrected chi connectivity index (χ3v) is 6.47. The lowest BCUT2D eigenvalue weighted by atomic mass is 10.1. The van der Waals surface area contributed by atoms with E-state index in [-0.39, 0.29) is 0 Å². The Hall–Kier alpha value is -4.09. The highest BCUT2D eigenvalue weighted by atomic mass is 16.5. The molecule has 11 heteroatoms. The zero-order chi connectivity index (χ0) is 26.9. The predicted octanol–water partition coefficient (Wildman–Crippen LogP) is 2.33. The Morgan fingerprint density at radius 3 is 2.18 bits per heavy atom. The number of morpholine rings is 1. The molecule has 0 aliphatic carbocycles. The number of aromatic nitrogens is 3. The molecule has 0 atom stereocenters. The Morgan fingerprint density at radius 2 is 1.55 bits per heavy atom. The van der Waals surface area contributed by atoms with Crippen LogP contribution in [0.15, 0.2) is 42.5 Å². The number of likely N-dealkylation sites (N-methyl/N-ethyl adjacent to an activating group) is 1. The van der Waals surface area contributed by atoms with Gasteiger partial charge in [0.1, 0.15) is 5.82 Å². The van der Waals surface area contributed by atoms with Crippen LogP contribution in [0.4, 0.5) is 11.6 Å². The van der Waals surface area contributed by atoms with E-state index in [1.807, 2.05) is 24.3 Å². The van der Waals surface area contributed by atoms with Gasteiger partial charge in [0.15, 0.2) is 5.82 Å². The second-order valence-electron chi connectivity index (χ2n) is 8.87. The van der Waals surface area contributed by atoms with Gasteiger partial charge in [0.05, 0.1) is 24.6 Å². The highest BCUT2D eigenvalue weighted by molar-refractivity contribution is 6.27. The lowest BCUT2D eigenvalue weighted by molar-refractivity contribution is -0.159. The SMILES string of the molecule is CCN1CCN(c2nc(/C=C/c3ccc(N4CCOCC4)nn3)cc3ccccc23)CC1.O=C(O)C(=O)O. The van der Waals surface area contributed by atoms with Gasteiger partial charge in [0.25, 0.3) is 0 Å². The first-order valence-corrected chi connectivity index (χ1v) is 12.6. The van der Waals surface area contributed by atoms with Gasteiger partial charge in [0, 0.05) is 44.7 Å². The molecule has 0 saturated carbocycles. The maximum Gasteiger partial charge on any atom is 0.414 e. The molecule has 3 aromatic rings. The smallest absolute Gasteiger partial charge is 0.414 e. The lowest BCUT2D eigenvalue weighted by Crippen LogP contribution is -2.46. The van der Waals surface area contributed by atoms with Crippen molar-refractivity contribution in [2.24, 2.45) is 0 Å². The number of nitrogens with zero attached hydrogens (tertiary/aromatic N) is 6. The van der Waals surface area contributed by atoms with Crippen LogP contribution >= 0.6 is 0 Å². The molecule has 4 heterocycles. The Kier molecular flexibility index (Phi) is 9.17. The molecule has 0 unspecified atom stereocenters. The number of aliphatic carboxylic acids is 2. The zero-order valence-corrected chi connectivity index (χ0v) is 21.4. The molecule has 0 bridgehead atoms. The van der Waals surface area contributed by atoms with Crippen LogP contribution in [0.25, 0.3) is 22.9 Å². The Labute approximate surface area is 221 Å². The van der Waals surface area contributed by atoms with Gasteiger partial charge in [-0.3, -0.25) is 0 Å². The summed E-state index contributed by atoms with van der Waals surface area (Å²) >= 11 is 0. The van der Waals surface area contributed by atoms with E-state index in [2.05, 4.69) is 62.2 Å². The van der Waals surface area contributed by atoms with Gasteiger partial charge >= 0.3 is 11.9 Å². The number of pyridine rings is 1. The fraction of sp³-hybridized carbons (Fsp3) is 0.370. The molecule has 38 heavy (non-hydrogen) atoms. The summed E-state index contributed by atoms with van der Waals surface area (Å²) < 4.78 is 5.41. The lowest BCUT2D eigenvalue weighted by Gasteiger charge is -2.35. The molecule has 0 spiro atoms. The molecule has 2 N–H and O–H groups in total. The minimum atomic E-state index is -1.82. The van der Waals surface area contributed by atoms with E-state index >= 15 is 0 Å². The van der Waals surface area contributed by atoms with Gasteiger partial charge in [-0.1, -0.05) is 31.2 Å². The summed E-state index contributed by atoms with van der Waals surface area (Å²) in [5, 5.41) is 26.0. The van der Waals surface area contributed by atoms with Crippen LogP contribution in [0.2, 0.25) is 0 Å². The quantitative estimate of drug-likeness (QED) is 0.480. The van der Waals surface area contributed by atoms with Crippen LogP contribution in [0.5, 0.6) is 0 Å². The number of rotatable bonds is 5. The van der Waals surface area contributed by atoms with Crippen molar-refractivity contribution in [3.63, 3.8) is 0 Å². The van der Waals surface area contributed by atoms with Crippen molar-refractivity contribution in [1.82, 2.24) is 20.1 Å². The molecule has 0 radical (unpaired) electrons. The van der Waals surface area contributed by atoms with E-state index in [9.17, 15) is 0 Å². The van der Waals surface area contributed by atoms with Crippen molar-refractivity contribution in [3.8, 4) is 0 Å². The topological polar surface area (TPSA) is 132 Å². The van der Waals surface area contributed by atoms with Crippen molar-refractivity contribution in [3.05, 3.63) is 53.9 Å². The van der Waals surface area contributed by atoms with Gasteiger partial charge in [-0.25, -0.2) is 14.6 Å². The van der Waals surface area contributed by atoms with E-state index in [4.69, 9.17) is 29.5 Å². The van der Waals surface area contributed by atoms with Crippen molar-refractivity contribution in [1.29, 1.82) is 0 Å². The maximum absolute atomic E-state index is 9.10. The summed E-state index contributed by atoms with van der Waals surface area (Å²) in [4.78, 5) is 30.3. The largest absolute Gasteiger partial charge is 0.473 e. The number of carboxylic acids is 2. The number of hydrogen-bond donors (Lipinski definition) is 2. The molecular weight excluding hydrogens is 488 g/mol. The summed E-state index contributed by atoms with van der Waals surface area (Å²) in [6, 6.07) is 14.7. The normalized spacial score (nSPS) is 16.3. The minimum Gasteiger partial charge on any atom is -0.473 e. The summed E-state index contributed by atoms with van der Waals surface area (Å²) in [7, 11) is 0. The molecular formula is C27H32N6O5. The molecule has 0 amide bonds. The standard InChI is InChI=1S/C25H30N6O.C2H2O4/c1-2-29-11-13-31(14-12-29)25-23-6-4-3-5-20(23)19-22(26-25)8-7-21-9-10-24(28-27-21)30-15-17-32-18-16-30;3-1(4)2(5)6/h3-10,19H,2,11-18H2,1H3;(H,3,4)(H,5,6)/b8-7+;. The van der Waals surface area contributed by atoms with Crippen LogP contribution in [-0.2, 0) is 14.3 Å². The van der Waals surface area contributed by atoms with Gasteiger partial charge < -0.3 is 29.6 Å². The van der Waals surface area contributed by atoms with Gasteiger partial charge in [0.2, 0.25) is 0 Å². The maximum atomic E-state index is 9.10. The van der Waals surface area contributed by atoms with Crippen molar-refractivity contribution < 1.29 is 24.5 Å². The van der Waals surface area contributed by atoms with E-state index in [0.717, 1.165) is 82.1 Å². The molecule has 2 saturated heterocycles. The Morgan fingerprint density at radius 1 is 0.868 bits per heavy atom. The number of ether oxygens (including phenoxy) is 1. The summed E-state index contributed by atoms with van der Waals surface area (Å²) in [6.45, 7) is 10.7. The van der Waals surface area contributed by atoms with Gasteiger partial charge in [-0.15, -0.1) is 10.2 Å². The first kappa shape index (κ1) is 27.0. The van der Waals surface area contributed by atoms with Crippen molar-refractivity contribution in [2.75, 3.05) is 68.8 Å². The van der Waals surface area contributed by atoms with Crippen LogP contribution in [-0.4, -0.2) is 101 Å². The molecule has 2 fully saturated rings. The fourth-order valence-corrected chi connectivity index (χ4v) is 4.36. The average Bonchev–Trinajstić information content (AvgIpc) is 2.96. The minimum absolute atomic E-state index is 0.743. The predicted molar refractivity (Wildman–Crippen MR) is 145 cm³/mol.